The molecule has 0 atom stereocenters. The minimum atomic E-state index is -2.62. The van der Waals surface area contributed by atoms with Crippen molar-refractivity contribution in [3.8, 4) is 22.4 Å². The van der Waals surface area contributed by atoms with Crippen molar-refractivity contribution >= 4 is 43.5 Å². The SMILES string of the molecule is [2H]C([2H])([2H])c1cnc(-c2cccc3c2oc2cc4c(ccc5ccccc54)cc23)cc1-c1ccc(C2([2H])CCC(C)(F)CC2)cc1C([2H])([2H])[2H]. The second kappa shape index (κ2) is 9.77. The zero-order chi connectivity index (χ0) is 35.2. The summed E-state index contributed by atoms with van der Waals surface area (Å²) < 4.78 is 80.8. The van der Waals surface area contributed by atoms with E-state index in [0.29, 0.717) is 28.0 Å². The Morgan fingerprint density at radius 3 is 2.44 bits per heavy atom. The van der Waals surface area contributed by atoms with Gasteiger partial charge in [0.15, 0.2) is 0 Å². The number of benzene rings is 5. The quantitative estimate of drug-likeness (QED) is 0.198. The summed E-state index contributed by atoms with van der Waals surface area (Å²) in [4.78, 5) is 4.60. The second-order valence-corrected chi connectivity index (χ2v) is 12.0. The number of halogens is 1. The zero-order valence-corrected chi connectivity index (χ0v) is 23.8. The van der Waals surface area contributed by atoms with Crippen molar-refractivity contribution in [2.24, 2.45) is 0 Å². The molecular weight excluding hydrogens is 529 g/mol. The predicted molar refractivity (Wildman–Crippen MR) is 178 cm³/mol. The van der Waals surface area contributed by atoms with Gasteiger partial charge in [0, 0.05) is 32.1 Å². The molecular formula is C40H34FNO. The molecule has 3 heteroatoms. The van der Waals surface area contributed by atoms with Gasteiger partial charge in [-0.2, -0.15) is 0 Å². The number of hydrogen-bond donors (Lipinski definition) is 0. The Kier molecular flexibility index (Phi) is 4.46. The lowest BCUT2D eigenvalue weighted by Crippen LogP contribution is -2.25. The lowest BCUT2D eigenvalue weighted by atomic mass is 9.77. The van der Waals surface area contributed by atoms with E-state index in [1.165, 1.54) is 19.2 Å². The fourth-order valence-electron chi connectivity index (χ4n) is 6.69. The number of aryl methyl sites for hydroxylation is 2. The Bertz CT molecular complexity index is 2470. The summed E-state index contributed by atoms with van der Waals surface area (Å²) >= 11 is 0. The van der Waals surface area contributed by atoms with E-state index in [-0.39, 0.29) is 47.9 Å². The van der Waals surface area contributed by atoms with Crippen LogP contribution in [0.25, 0.3) is 65.9 Å². The van der Waals surface area contributed by atoms with Crippen LogP contribution in [-0.2, 0) is 0 Å². The summed E-state index contributed by atoms with van der Waals surface area (Å²) in [6.07, 6.45) is 2.22. The molecule has 0 radical (unpaired) electrons. The maximum absolute atomic E-state index is 14.7. The number of hydrogen-bond acceptors (Lipinski definition) is 2. The second-order valence-electron chi connectivity index (χ2n) is 12.0. The molecule has 8 rings (SSSR count). The van der Waals surface area contributed by atoms with Crippen molar-refractivity contribution < 1.29 is 18.4 Å². The van der Waals surface area contributed by atoms with Gasteiger partial charge in [-0.3, -0.25) is 4.98 Å². The van der Waals surface area contributed by atoms with Crippen LogP contribution in [0.1, 0.15) is 64.8 Å². The average molecular weight is 571 g/mol. The van der Waals surface area contributed by atoms with Crippen LogP contribution < -0.4 is 0 Å². The standard InChI is InChI=1S/C40H34FNO/c1-24-19-28(26-15-17-40(3,41)18-16-26)13-14-30(24)34-21-37(42-23-25(34)2)33-10-6-9-32-36-20-29-12-11-27-7-4-5-8-31(27)35(29)22-38(36)43-39(32)33/h4-14,19-23,26H,15-18H2,1-3H3/i1D3,2D3,26D. The Hall–Kier alpha value is -4.50. The molecule has 0 unspecified atom stereocenters. The fraction of sp³-hybridized carbons (Fsp3) is 0.225. The molecule has 1 saturated carbocycles. The lowest BCUT2D eigenvalue weighted by molar-refractivity contribution is 0.120. The molecule has 7 aromatic rings. The highest BCUT2D eigenvalue weighted by Gasteiger charge is 2.31. The maximum atomic E-state index is 14.7. The number of nitrogens with zero attached hydrogens (tertiary/aromatic N) is 1. The number of fused-ring (bicyclic) bond motifs is 6. The number of rotatable bonds is 3. The third kappa shape index (κ3) is 4.41. The van der Waals surface area contributed by atoms with E-state index in [0.717, 1.165) is 32.3 Å². The van der Waals surface area contributed by atoms with Gasteiger partial charge >= 0.3 is 0 Å². The zero-order valence-electron chi connectivity index (χ0n) is 30.8. The Morgan fingerprint density at radius 2 is 1.58 bits per heavy atom. The maximum Gasteiger partial charge on any atom is 0.144 e. The van der Waals surface area contributed by atoms with Gasteiger partial charge in [-0.05, 0) is 126 Å². The first-order valence-corrected chi connectivity index (χ1v) is 14.7. The van der Waals surface area contributed by atoms with E-state index in [1.54, 1.807) is 18.2 Å². The molecule has 1 aliphatic rings. The Balaban J connectivity index is 1.31. The van der Waals surface area contributed by atoms with Gasteiger partial charge in [0.1, 0.15) is 16.8 Å². The third-order valence-electron chi connectivity index (χ3n) is 9.16. The molecule has 0 bridgehead atoms. The summed E-state index contributed by atoms with van der Waals surface area (Å²) in [5.41, 5.74) is 1.80. The first kappa shape index (κ1) is 19.6. The van der Waals surface area contributed by atoms with Gasteiger partial charge in [0.2, 0.25) is 0 Å². The van der Waals surface area contributed by atoms with Crippen LogP contribution in [-0.4, -0.2) is 10.7 Å². The van der Waals surface area contributed by atoms with Crippen LogP contribution >= 0.6 is 0 Å². The highest BCUT2D eigenvalue weighted by molar-refractivity contribution is 6.17. The molecule has 1 fully saturated rings. The largest absolute Gasteiger partial charge is 0.455 e. The van der Waals surface area contributed by atoms with Gasteiger partial charge in [-0.25, -0.2) is 4.39 Å². The molecule has 0 spiro atoms. The van der Waals surface area contributed by atoms with Crippen molar-refractivity contribution in [1.82, 2.24) is 4.98 Å². The van der Waals surface area contributed by atoms with E-state index in [9.17, 15) is 4.39 Å². The first-order chi connectivity index (χ1) is 23.6. The predicted octanol–water partition coefficient (Wildman–Crippen LogP) is 11.6. The van der Waals surface area contributed by atoms with Gasteiger partial charge in [-0.15, -0.1) is 0 Å². The highest BCUT2D eigenvalue weighted by atomic mass is 19.1. The van der Waals surface area contributed by atoms with Crippen molar-refractivity contribution in [1.29, 1.82) is 0 Å². The average Bonchev–Trinajstić information content (AvgIpc) is 3.45. The number of aromatic nitrogens is 1. The minimum Gasteiger partial charge on any atom is -0.455 e. The number of furan rings is 1. The summed E-state index contributed by atoms with van der Waals surface area (Å²) in [5, 5.41) is 6.21. The Labute approximate surface area is 261 Å². The van der Waals surface area contributed by atoms with Crippen molar-refractivity contribution in [2.75, 3.05) is 0 Å². The molecule has 0 aliphatic heterocycles. The molecule has 212 valence electrons. The molecule has 2 nitrogen and oxygen atoms in total. The summed E-state index contributed by atoms with van der Waals surface area (Å²) in [7, 11) is 0. The molecule has 0 amide bonds. The lowest BCUT2D eigenvalue weighted by Gasteiger charge is -2.31. The van der Waals surface area contributed by atoms with Crippen molar-refractivity contribution in [3.05, 3.63) is 114 Å². The normalized spacial score (nSPS) is 23.8. The summed E-state index contributed by atoms with van der Waals surface area (Å²) in [6, 6.07) is 28.7. The van der Waals surface area contributed by atoms with Gasteiger partial charge in [0.25, 0.3) is 0 Å². The molecule has 5 aromatic carbocycles. The van der Waals surface area contributed by atoms with Crippen molar-refractivity contribution in [3.63, 3.8) is 0 Å². The fourth-order valence-corrected chi connectivity index (χ4v) is 6.69. The van der Waals surface area contributed by atoms with Crippen LogP contribution in [0.3, 0.4) is 0 Å². The van der Waals surface area contributed by atoms with Crippen LogP contribution in [0.2, 0.25) is 0 Å². The van der Waals surface area contributed by atoms with Crippen LogP contribution in [0.4, 0.5) is 4.39 Å². The Morgan fingerprint density at radius 1 is 0.767 bits per heavy atom. The van der Waals surface area contributed by atoms with E-state index in [1.807, 2.05) is 30.3 Å². The van der Waals surface area contributed by atoms with Crippen LogP contribution in [0, 0.1) is 13.7 Å². The molecule has 1 aliphatic carbocycles. The molecule has 0 N–H and O–H groups in total. The van der Waals surface area contributed by atoms with Gasteiger partial charge in [-0.1, -0.05) is 66.7 Å². The minimum absolute atomic E-state index is 0.0567. The molecule has 0 saturated heterocycles. The highest BCUT2D eigenvalue weighted by Crippen LogP contribution is 2.42. The number of para-hydroxylation sites is 1. The van der Waals surface area contributed by atoms with Crippen LogP contribution in [0.5, 0.6) is 0 Å². The van der Waals surface area contributed by atoms with Gasteiger partial charge < -0.3 is 4.42 Å². The van der Waals surface area contributed by atoms with Crippen LogP contribution in [0.15, 0.2) is 102 Å². The van der Waals surface area contributed by atoms with E-state index < -0.39 is 25.3 Å². The van der Waals surface area contributed by atoms with E-state index in [4.69, 9.17) is 14.0 Å². The summed E-state index contributed by atoms with van der Waals surface area (Å²) in [5.74, 6) is -1.14. The van der Waals surface area contributed by atoms with E-state index in [2.05, 4.69) is 41.4 Å². The number of pyridine rings is 1. The number of alkyl halides is 1. The monoisotopic (exact) mass is 570 g/mol. The van der Waals surface area contributed by atoms with E-state index >= 15 is 0 Å². The molecule has 43 heavy (non-hydrogen) atoms. The third-order valence-corrected chi connectivity index (χ3v) is 9.16. The first-order valence-electron chi connectivity index (χ1n) is 18.2. The smallest absolute Gasteiger partial charge is 0.144 e. The topological polar surface area (TPSA) is 26.0 Å². The molecule has 2 heterocycles. The summed E-state index contributed by atoms with van der Waals surface area (Å²) in [6.45, 7) is -3.67. The van der Waals surface area contributed by atoms with Crippen molar-refractivity contribution in [2.45, 2.75) is 57.9 Å². The van der Waals surface area contributed by atoms with Gasteiger partial charge in [0.05, 0.1) is 5.69 Å². The molecule has 2 aromatic heterocycles.